The van der Waals surface area contributed by atoms with Crippen molar-refractivity contribution in [1.29, 1.82) is 0 Å². The molecule has 0 saturated heterocycles. The van der Waals surface area contributed by atoms with Crippen LogP contribution >= 0.6 is 23.2 Å². The number of ketones is 1. The van der Waals surface area contributed by atoms with Gasteiger partial charge in [0.2, 0.25) is 0 Å². The molecule has 2 aromatic carbocycles. The maximum absolute atomic E-state index is 13.5. The van der Waals surface area contributed by atoms with E-state index in [9.17, 15) is 13.6 Å². The summed E-state index contributed by atoms with van der Waals surface area (Å²) in [7, 11) is 0. The summed E-state index contributed by atoms with van der Waals surface area (Å²) >= 11 is 11.3. The highest BCUT2D eigenvalue weighted by Gasteiger charge is 2.15. The Labute approximate surface area is 112 Å². The van der Waals surface area contributed by atoms with Crippen molar-refractivity contribution in [2.45, 2.75) is 0 Å². The van der Waals surface area contributed by atoms with Crippen LogP contribution < -0.4 is 0 Å². The Kier molecular flexibility index (Phi) is 3.64. The maximum atomic E-state index is 13.5. The van der Waals surface area contributed by atoms with Crippen molar-refractivity contribution in [3.63, 3.8) is 0 Å². The third kappa shape index (κ3) is 2.52. The van der Waals surface area contributed by atoms with Crippen molar-refractivity contribution in [2.75, 3.05) is 0 Å². The molecule has 2 rings (SSSR count). The van der Waals surface area contributed by atoms with Gasteiger partial charge < -0.3 is 0 Å². The Balaban J connectivity index is 2.47. The van der Waals surface area contributed by atoms with Gasteiger partial charge in [0.25, 0.3) is 0 Å². The molecule has 0 atom stereocenters. The van der Waals surface area contributed by atoms with Crippen LogP contribution in [0.15, 0.2) is 36.4 Å². The molecule has 2 aromatic rings. The number of hydrogen-bond donors (Lipinski definition) is 0. The summed E-state index contributed by atoms with van der Waals surface area (Å²) in [6.07, 6.45) is 0. The van der Waals surface area contributed by atoms with Crippen molar-refractivity contribution in [2.24, 2.45) is 0 Å². The highest BCUT2D eigenvalue weighted by atomic mass is 35.5. The Morgan fingerprint density at radius 2 is 1.61 bits per heavy atom. The summed E-state index contributed by atoms with van der Waals surface area (Å²) in [5.74, 6) is -1.93. The predicted molar refractivity (Wildman–Crippen MR) is 66.3 cm³/mol. The van der Waals surface area contributed by atoms with E-state index in [2.05, 4.69) is 0 Å². The molecule has 0 amide bonds. The van der Waals surface area contributed by atoms with E-state index in [1.165, 1.54) is 18.2 Å². The molecular weight excluding hydrogens is 281 g/mol. The van der Waals surface area contributed by atoms with E-state index in [4.69, 9.17) is 23.2 Å². The van der Waals surface area contributed by atoms with Gasteiger partial charge in [-0.05, 0) is 36.4 Å². The van der Waals surface area contributed by atoms with Gasteiger partial charge in [0.1, 0.15) is 11.6 Å². The van der Waals surface area contributed by atoms with Crippen molar-refractivity contribution in [3.05, 3.63) is 69.2 Å². The van der Waals surface area contributed by atoms with Gasteiger partial charge in [-0.15, -0.1) is 0 Å². The highest BCUT2D eigenvalue weighted by Crippen LogP contribution is 2.21. The third-order valence-corrected chi connectivity index (χ3v) is 2.88. The van der Waals surface area contributed by atoms with Gasteiger partial charge in [-0.1, -0.05) is 23.2 Å². The first-order valence-corrected chi connectivity index (χ1v) is 5.69. The molecule has 0 N–H and O–H groups in total. The van der Waals surface area contributed by atoms with Crippen LogP contribution in [0.5, 0.6) is 0 Å². The Hall–Kier alpha value is -1.45. The van der Waals surface area contributed by atoms with Gasteiger partial charge in [0.05, 0.1) is 10.6 Å². The fourth-order valence-corrected chi connectivity index (χ4v) is 1.82. The number of carbonyl (C=O) groups is 1. The second kappa shape index (κ2) is 5.04. The maximum Gasteiger partial charge on any atom is 0.196 e. The quantitative estimate of drug-likeness (QED) is 0.743. The summed E-state index contributed by atoms with van der Waals surface area (Å²) in [5, 5.41) is 0.0521. The number of rotatable bonds is 2. The fraction of sp³-hybridized carbons (Fsp3) is 0. The zero-order valence-electron chi connectivity index (χ0n) is 8.88. The number of benzene rings is 2. The monoisotopic (exact) mass is 286 g/mol. The van der Waals surface area contributed by atoms with E-state index < -0.39 is 17.4 Å². The molecule has 18 heavy (non-hydrogen) atoms. The lowest BCUT2D eigenvalue weighted by atomic mass is 10.0. The molecule has 0 aliphatic carbocycles. The molecule has 5 heteroatoms. The van der Waals surface area contributed by atoms with E-state index in [1.54, 1.807) is 0 Å². The highest BCUT2D eigenvalue weighted by molar-refractivity contribution is 6.32. The largest absolute Gasteiger partial charge is 0.288 e. The first kappa shape index (κ1) is 13.0. The normalized spacial score (nSPS) is 10.4. The molecule has 0 aliphatic rings. The SMILES string of the molecule is O=C(c1ccc(F)c(Cl)c1)c1cc(Cl)ccc1F. The lowest BCUT2D eigenvalue weighted by molar-refractivity contribution is 0.103. The van der Waals surface area contributed by atoms with Crippen LogP contribution in [0.4, 0.5) is 8.78 Å². The summed E-state index contributed by atoms with van der Waals surface area (Å²) in [5.41, 5.74) is -0.0762. The Morgan fingerprint density at radius 1 is 0.944 bits per heavy atom. The van der Waals surface area contributed by atoms with Crippen LogP contribution in [0.25, 0.3) is 0 Å². The van der Waals surface area contributed by atoms with E-state index in [0.29, 0.717) is 0 Å². The predicted octanol–water partition coefficient (Wildman–Crippen LogP) is 4.50. The van der Waals surface area contributed by atoms with Gasteiger partial charge in [0, 0.05) is 10.6 Å². The average Bonchev–Trinajstić information content (AvgIpc) is 2.35. The summed E-state index contributed by atoms with van der Waals surface area (Å²) in [6, 6.07) is 7.10. The van der Waals surface area contributed by atoms with E-state index in [-0.39, 0.29) is 21.2 Å². The molecule has 0 spiro atoms. The Morgan fingerprint density at radius 3 is 2.28 bits per heavy atom. The van der Waals surface area contributed by atoms with Gasteiger partial charge in [-0.3, -0.25) is 4.79 Å². The molecule has 0 heterocycles. The first-order chi connectivity index (χ1) is 8.49. The fourth-order valence-electron chi connectivity index (χ4n) is 1.46. The number of carbonyl (C=O) groups excluding carboxylic acids is 1. The third-order valence-electron chi connectivity index (χ3n) is 2.35. The van der Waals surface area contributed by atoms with Crippen molar-refractivity contribution in [1.82, 2.24) is 0 Å². The molecule has 0 unspecified atom stereocenters. The van der Waals surface area contributed by atoms with E-state index in [1.807, 2.05) is 0 Å². The molecule has 0 aromatic heterocycles. The Bertz CT molecular complexity index is 626. The van der Waals surface area contributed by atoms with Gasteiger partial charge in [-0.2, -0.15) is 0 Å². The lowest BCUT2D eigenvalue weighted by Gasteiger charge is -2.04. The van der Waals surface area contributed by atoms with Crippen LogP contribution in [0.3, 0.4) is 0 Å². The second-order valence-corrected chi connectivity index (χ2v) is 4.43. The van der Waals surface area contributed by atoms with Gasteiger partial charge >= 0.3 is 0 Å². The van der Waals surface area contributed by atoms with Crippen LogP contribution in [0, 0.1) is 11.6 Å². The second-order valence-electron chi connectivity index (χ2n) is 3.58. The van der Waals surface area contributed by atoms with Crippen molar-refractivity contribution in [3.8, 4) is 0 Å². The molecule has 92 valence electrons. The zero-order valence-corrected chi connectivity index (χ0v) is 10.4. The smallest absolute Gasteiger partial charge is 0.196 e. The van der Waals surface area contributed by atoms with Crippen LogP contribution in [0.2, 0.25) is 10.0 Å². The number of halogens is 4. The summed E-state index contributed by atoms with van der Waals surface area (Å²) in [6.45, 7) is 0. The first-order valence-electron chi connectivity index (χ1n) is 4.94. The van der Waals surface area contributed by atoms with Crippen LogP contribution in [-0.2, 0) is 0 Å². The topological polar surface area (TPSA) is 17.1 Å². The van der Waals surface area contributed by atoms with Crippen molar-refractivity contribution >= 4 is 29.0 Å². The minimum absolute atomic E-state index is 0.0996. The molecule has 0 aliphatic heterocycles. The zero-order chi connectivity index (χ0) is 13.3. The number of hydrogen-bond acceptors (Lipinski definition) is 1. The molecule has 0 fully saturated rings. The lowest BCUT2D eigenvalue weighted by Crippen LogP contribution is -2.04. The molecule has 0 bridgehead atoms. The molecule has 0 saturated carbocycles. The average molecular weight is 287 g/mol. The van der Waals surface area contributed by atoms with Crippen LogP contribution in [0.1, 0.15) is 15.9 Å². The summed E-state index contributed by atoms with van der Waals surface area (Å²) < 4.78 is 26.5. The van der Waals surface area contributed by atoms with Gasteiger partial charge in [-0.25, -0.2) is 8.78 Å². The standard InChI is InChI=1S/C13H6Cl2F2O/c14-8-2-4-11(16)9(6-8)13(18)7-1-3-12(17)10(15)5-7/h1-6H. The van der Waals surface area contributed by atoms with Crippen LogP contribution in [-0.4, -0.2) is 5.78 Å². The summed E-state index contributed by atoms with van der Waals surface area (Å²) in [4.78, 5) is 12.0. The minimum Gasteiger partial charge on any atom is -0.288 e. The van der Waals surface area contributed by atoms with Gasteiger partial charge in [0.15, 0.2) is 5.78 Å². The molecule has 1 nitrogen and oxygen atoms in total. The van der Waals surface area contributed by atoms with E-state index >= 15 is 0 Å². The molecular formula is C13H6Cl2F2O. The van der Waals surface area contributed by atoms with E-state index in [0.717, 1.165) is 18.2 Å². The minimum atomic E-state index is -0.690. The molecule has 0 radical (unpaired) electrons. The van der Waals surface area contributed by atoms with Crippen molar-refractivity contribution < 1.29 is 13.6 Å².